The Balaban J connectivity index is 1.33. The van der Waals surface area contributed by atoms with Gasteiger partial charge in [0.1, 0.15) is 11.9 Å². The van der Waals surface area contributed by atoms with Crippen LogP contribution in [0, 0.1) is 12.8 Å². The summed E-state index contributed by atoms with van der Waals surface area (Å²) in [6.45, 7) is 3.99. The maximum absolute atomic E-state index is 12.4. The number of furan rings is 1. The zero-order valence-corrected chi connectivity index (χ0v) is 14.2. The molecule has 7 nitrogen and oxygen atoms in total. The molecule has 25 heavy (non-hydrogen) atoms. The van der Waals surface area contributed by atoms with E-state index in [1.165, 1.54) is 0 Å². The quantitative estimate of drug-likeness (QED) is 0.910. The molecule has 0 saturated carbocycles. The second-order valence-electron chi connectivity index (χ2n) is 6.72. The second-order valence-corrected chi connectivity index (χ2v) is 6.72. The molecule has 0 aliphatic carbocycles. The molecule has 2 saturated heterocycles. The summed E-state index contributed by atoms with van der Waals surface area (Å²) in [6, 6.07) is 7.61. The average Bonchev–Trinajstić information content (AvgIpc) is 3.29. The molecule has 0 bridgehead atoms. The van der Waals surface area contributed by atoms with Gasteiger partial charge in [0.2, 0.25) is 5.91 Å². The predicted octanol–water partition coefficient (Wildman–Crippen LogP) is 1.68. The van der Waals surface area contributed by atoms with Crippen LogP contribution in [0.3, 0.4) is 0 Å². The van der Waals surface area contributed by atoms with Gasteiger partial charge in [-0.2, -0.15) is 5.10 Å². The Hall–Kier alpha value is -2.41. The maximum atomic E-state index is 12.4. The number of fused-ring (bicyclic) bond motifs is 1. The number of amides is 1. The minimum absolute atomic E-state index is 0.0625. The normalized spacial score (nSPS) is 25.6. The lowest BCUT2D eigenvalue weighted by Gasteiger charge is -2.34. The Kier molecular flexibility index (Phi) is 4.40. The second kappa shape index (κ2) is 6.84. The third-order valence-electron chi connectivity index (χ3n) is 4.97. The van der Waals surface area contributed by atoms with E-state index in [0.717, 1.165) is 43.2 Å². The van der Waals surface area contributed by atoms with Gasteiger partial charge in [-0.1, -0.05) is 0 Å². The molecule has 4 heterocycles. The number of nitrogens with zero attached hydrogens (tertiary/aromatic N) is 3. The fraction of sp³-hybridized carbons (Fsp3) is 0.500. The number of piperidine rings is 1. The maximum Gasteiger partial charge on any atom is 0.249 e. The number of aryl methyl sites for hydroxylation is 1. The highest BCUT2D eigenvalue weighted by atomic mass is 16.5. The minimum atomic E-state index is -0.381. The first-order chi connectivity index (χ1) is 12.2. The molecule has 2 aliphatic rings. The van der Waals surface area contributed by atoms with Crippen LogP contribution in [0.5, 0.6) is 0 Å². The highest BCUT2D eigenvalue weighted by Gasteiger charge is 2.42. The van der Waals surface area contributed by atoms with Crippen LogP contribution in [0.4, 0.5) is 5.82 Å². The zero-order chi connectivity index (χ0) is 17.2. The number of hydrogen-bond donors (Lipinski definition) is 1. The van der Waals surface area contributed by atoms with Crippen LogP contribution >= 0.6 is 0 Å². The molecule has 3 atom stereocenters. The van der Waals surface area contributed by atoms with Gasteiger partial charge < -0.3 is 19.4 Å². The van der Waals surface area contributed by atoms with E-state index in [2.05, 4.69) is 20.4 Å². The van der Waals surface area contributed by atoms with E-state index in [-0.39, 0.29) is 18.1 Å². The number of carbonyl (C=O) groups is 1. The topological polar surface area (TPSA) is 80.5 Å². The Morgan fingerprint density at radius 3 is 3.04 bits per heavy atom. The molecule has 2 aromatic heterocycles. The largest absolute Gasteiger partial charge is 0.467 e. The van der Waals surface area contributed by atoms with Gasteiger partial charge in [-0.05, 0) is 49.9 Å². The van der Waals surface area contributed by atoms with Crippen molar-refractivity contribution in [2.75, 3.05) is 18.0 Å². The van der Waals surface area contributed by atoms with Gasteiger partial charge in [-0.3, -0.25) is 4.79 Å². The van der Waals surface area contributed by atoms with E-state index in [4.69, 9.17) is 9.15 Å². The highest BCUT2D eigenvalue weighted by Crippen LogP contribution is 2.34. The third-order valence-corrected chi connectivity index (χ3v) is 4.97. The van der Waals surface area contributed by atoms with E-state index in [9.17, 15) is 4.79 Å². The molecule has 7 heteroatoms. The van der Waals surface area contributed by atoms with E-state index in [1.807, 2.05) is 31.2 Å². The van der Waals surface area contributed by atoms with Crippen molar-refractivity contribution in [2.24, 2.45) is 5.92 Å². The summed E-state index contributed by atoms with van der Waals surface area (Å²) in [5, 5.41) is 11.3. The van der Waals surface area contributed by atoms with Crippen molar-refractivity contribution in [3.8, 4) is 0 Å². The average molecular weight is 342 g/mol. The van der Waals surface area contributed by atoms with Crippen molar-refractivity contribution in [3.05, 3.63) is 42.0 Å². The molecular weight excluding hydrogens is 320 g/mol. The van der Waals surface area contributed by atoms with Crippen LogP contribution < -0.4 is 10.2 Å². The van der Waals surface area contributed by atoms with Gasteiger partial charge >= 0.3 is 0 Å². The van der Waals surface area contributed by atoms with Crippen molar-refractivity contribution in [1.29, 1.82) is 0 Å². The Morgan fingerprint density at radius 1 is 1.36 bits per heavy atom. The summed E-state index contributed by atoms with van der Waals surface area (Å²) in [5.41, 5.74) is 0.907. The molecule has 2 fully saturated rings. The van der Waals surface area contributed by atoms with Gasteiger partial charge in [0.25, 0.3) is 0 Å². The molecule has 0 spiro atoms. The smallest absolute Gasteiger partial charge is 0.249 e. The Bertz CT molecular complexity index is 716. The van der Waals surface area contributed by atoms with E-state index in [1.54, 1.807) is 6.26 Å². The number of ether oxygens (including phenoxy) is 1. The highest BCUT2D eigenvalue weighted by molar-refractivity contribution is 5.81. The minimum Gasteiger partial charge on any atom is -0.467 e. The van der Waals surface area contributed by atoms with Gasteiger partial charge in [-0.15, -0.1) is 5.10 Å². The van der Waals surface area contributed by atoms with Crippen molar-refractivity contribution >= 4 is 11.7 Å². The van der Waals surface area contributed by atoms with Gasteiger partial charge in [0, 0.05) is 13.1 Å². The van der Waals surface area contributed by atoms with Crippen LogP contribution in [-0.4, -0.2) is 41.4 Å². The fourth-order valence-corrected chi connectivity index (χ4v) is 3.57. The van der Waals surface area contributed by atoms with Crippen LogP contribution in [0.15, 0.2) is 34.9 Å². The Labute approximate surface area is 146 Å². The predicted molar refractivity (Wildman–Crippen MR) is 90.9 cm³/mol. The lowest BCUT2D eigenvalue weighted by atomic mass is 9.91. The SMILES string of the molecule is Cc1ccc(N2CC[C@@H]3C[C@@H](C(=O)NCc4ccco4)O[C@H]3C2)nn1. The van der Waals surface area contributed by atoms with E-state index < -0.39 is 0 Å². The molecule has 0 radical (unpaired) electrons. The molecule has 1 N–H and O–H groups in total. The molecule has 0 unspecified atom stereocenters. The van der Waals surface area contributed by atoms with Crippen molar-refractivity contribution in [1.82, 2.24) is 15.5 Å². The third kappa shape index (κ3) is 3.51. The van der Waals surface area contributed by atoms with Crippen molar-refractivity contribution in [3.63, 3.8) is 0 Å². The molecule has 2 aliphatic heterocycles. The number of nitrogens with one attached hydrogen (secondary N) is 1. The van der Waals surface area contributed by atoms with E-state index >= 15 is 0 Å². The lowest BCUT2D eigenvalue weighted by Crippen LogP contribution is -2.43. The summed E-state index contributed by atoms with van der Waals surface area (Å²) < 4.78 is 11.3. The summed E-state index contributed by atoms with van der Waals surface area (Å²) in [4.78, 5) is 14.6. The monoisotopic (exact) mass is 342 g/mol. The fourth-order valence-electron chi connectivity index (χ4n) is 3.57. The van der Waals surface area contributed by atoms with Crippen LogP contribution in [0.25, 0.3) is 0 Å². The van der Waals surface area contributed by atoms with E-state index in [0.29, 0.717) is 12.5 Å². The number of hydrogen-bond acceptors (Lipinski definition) is 6. The van der Waals surface area contributed by atoms with Crippen LogP contribution in [0.1, 0.15) is 24.3 Å². The Morgan fingerprint density at radius 2 is 2.28 bits per heavy atom. The van der Waals surface area contributed by atoms with Crippen LogP contribution in [-0.2, 0) is 16.1 Å². The molecule has 2 aromatic rings. The number of aromatic nitrogens is 2. The zero-order valence-electron chi connectivity index (χ0n) is 14.2. The molecule has 0 aromatic carbocycles. The number of rotatable bonds is 4. The first-order valence-corrected chi connectivity index (χ1v) is 8.70. The lowest BCUT2D eigenvalue weighted by molar-refractivity contribution is -0.132. The summed E-state index contributed by atoms with van der Waals surface area (Å²) in [5.74, 6) is 1.98. The summed E-state index contributed by atoms with van der Waals surface area (Å²) in [7, 11) is 0. The van der Waals surface area contributed by atoms with Gasteiger partial charge in [0.15, 0.2) is 5.82 Å². The van der Waals surface area contributed by atoms with Crippen molar-refractivity contribution in [2.45, 2.75) is 38.5 Å². The molecular formula is C18H22N4O3. The molecule has 4 rings (SSSR count). The van der Waals surface area contributed by atoms with Gasteiger partial charge in [-0.25, -0.2) is 0 Å². The summed E-state index contributed by atoms with van der Waals surface area (Å²) in [6.07, 6.45) is 3.07. The molecule has 1 amide bonds. The first-order valence-electron chi connectivity index (χ1n) is 8.70. The standard InChI is InChI=1S/C18H22N4O3/c1-12-4-5-17(21-20-12)22-7-6-13-9-15(25-16(13)11-22)18(23)19-10-14-3-2-8-24-14/h2-5,8,13,15-16H,6-7,9-11H2,1H3,(H,19,23)/t13-,15+,16+/m1/s1. The molecule has 132 valence electrons. The van der Waals surface area contributed by atoms with Crippen LogP contribution in [0.2, 0.25) is 0 Å². The first kappa shape index (κ1) is 16.1. The van der Waals surface area contributed by atoms with Crippen molar-refractivity contribution < 1.29 is 13.9 Å². The number of carbonyl (C=O) groups excluding carboxylic acids is 1. The number of anilines is 1. The van der Waals surface area contributed by atoms with Gasteiger partial charge in [0.05, 0.1) is 24.6 Å². The summed E-state index contributed by atoms with van der Waals surface area (Å²) >= 11 is 0.